The molecule has 4 aromatic rings. The standard InChI is InChI=1S/C18H17BrN6/c1-13(23-18-17-16(19)10-22-25(17)8-7-20-18)15-9-21-24(12-15)11-14-5-3-2-4-6-14/h2-10,12-13H,11H2,1H3,(H,20,23). The Bertz CT molecular complexity index is 991. The number of nitrogens with one attached hydrogen (secondary N) is 1. The number of fused-ring (bicyclic) bond motifs is 1. The van der Waals surface area contributed by atoms with E-state index in [4.69, 9.17) is 0 Å². The summed E-state index contributed by atoms with van der Waals surface area (Å²) in [7, 11) is 0. The van der Waals surface area contributed by atoms with Crippen LogP contribution in [0.3, 0.4) is 0 Å². The van der Waals surface area contributed by atoms with E-state index in [1.165, 1.54) is 5.56 Å². The highest BCUT2D eigenvalue weighted by Gasteiger charge is 2.13. The van der Waals surface area contributed by atoms with E-state index in [0.717, 1.165) is 27.9 Å². The predicted octanol–water partition coefficient (Wildman–Crippen LogP) is 3.91. The molecule has 1 N–H and O–H groups in total. The number of hydrogen-bond acceptors (Lipinski definition) is 4. The molecule has 3 aromatic heterocycles. The average Bonchev–Trinajstić information content (AvgIpc) is 3.24. The van der Waals surface area contributed by atoms with Crippen molar-refractivity contribution in [2.24, 2.45) is 0 Å². The number of halogens is 1. The van der Waals surface area contributed by atoms with Gasteiger partial charge in [-0.3, -0.25) is 4.68 Å². The van der Waals surface area contributed by atoms with Crippen LogP contribution in [0.5, 0.6) is 0 Å². The van der Waals surface area contributed by atoms with Crippen LogP contribution in [-0.2, 0) is 6.54 Å². The van der Waals surface area contributed by atoms with Crippen molar-refractivity contribution in [3.63, 3.8) is 0 Å². The van der Waals surface area contributed by atoms with E-state index in [9.17, 15) is 0 Å². The second kappa shape index (κ2) is 6.68. The molecule has 0 spiro atoms. The topological polar surface area (TPSA) is 60.0 Å². The number of rotatable bonds is 5. The first-order valence-corrected chi connectivity index (χ1v) is 8.80. The Labute approximate surface area is 153 Å². The van der Waals surface area contributed by atoms with Crippen molar-refractivity contribution in [1.29, 1.82) is 0 Å². The molecule has 4 rings (SSSR count). The summed E-state index contributed by atoms with van der Waals surface area (Å²) >= 11 is 3.53. The zero-order valence-electron chi connectivity index (χ0n) is 13.7. The van der Waals surface area contributed by atoms with Crippen molar-refractivity contribution in [3.8, 4) is 0 Å². The molecule has 126 valence electrons. The molecule has 3 heterocycles. The average molecular weight is 397 g/mol. The molecule has 0 radical (unpaired) electrons. The van der Waals surface area contributed by atoms with Gasteiger partial charge in [-0.25, -0.2) is 9.50 Å². The van der Waals surface area contributed by atoms with Gasteiger partial charge in [0.15, 0.2) is 5.82 Å². The minimum absolute atomic E-state index is 0.0741. The van der Waals surface area contributed by atoms with Crippen molar-refractivity contribution in [1.82, 2.24) is 24.4 Å². The highest BCUT2D eigenvalue weighted by Crippen LogP contribution is 2.26. The summed E-state index contributed by atoms with van der Waals surface area (Å²) < 4.78 is 4.66. The number of benzene rings is 1. The summed E-state index contributed by atoms with van der Waals surface area (Å²) in [5, 5.41) is 12.2. The molecule has 0 saturated carbocycles. The second-order valence-corrected chi connectivity index (χ2v) is 6.74. The summed E-state index contributed by atoms with van der Waals surface area (Å²) in [4.78, 5) is 4.45. The van der Waals surface area contributed by atoms with Crippen molar-refractivity contribution in [2.75, 3.05) is 5.32 Å². The number of hydrogen-bond donors (Lipinski definition) is 1. The van der Waals surface area contributed by atoms with Gasteiger partial charge in [0.25, 0.3) is 0 Å². The molecule has 1 unspecified atom stereocenters. The lowest BCUT2D eigenvalue weighted by molar-refractivity contribution is 0.685. The Hall–Kier alpha value is -2.67. The molecule has 25 heavy (non-hydrogen) atoms. The van der Waals surface area contributed by atoms with Gasteiger partial charge in [0.05, 0.1) is 29.5 Å². The van der Waals surface area contributed by atoms with Gasteiger partial charge in [0.1, 0.15) is 5.52 Å². The van der Waals surface area contributed by atoms with E-state index < -0.39 is 0 Å². The second-order valence-electron chi connectivity index (χ2n) is 5.88. The Morgan fingerprint density at radius 2 is 2.00 bits per heavy atom. The van der Waals surface area contributed by atoms with Gasteiger partial charge in [0, 0.05) is 24.2 Å². The van der Waals surface area contributed by atoms with E-state index in [0.29, 0.717) is 0 Å². The van der Waals surface area contributed by atoms with Crippen LogP contribution in [0.1, 0.15) is 24.1 Å². The molecule has 0 amide bonds. The van der Waals surface area contributed by atoms with Crippen molar-refractivity contribution < 1.29 is 0 Å². The van der Waals surface area contributed by atoms with E-state index in [-0.39, 0.29) is 6.04 Å². The van der Waals surface area contributed by atoms with E-state index in [1.54, 1.807) is 16.9 Å². The van der Waals surface area contributed by atoms with Crippen LogP contribution in [0, 0.1) is 0 Å². The predicted molar refractivity (Wildman–Crippen MR) is 100 cm³/mol. The van der Waals surface area contributed by atoms with Crippen LogP contribution in [0.2, 0.25) is 0 Å². The molecular weight excluding hydrogens is 380 g/mol. The molecule has 0 aliphatic carbocycles. The van der Waals surface area contributed by atoms with E-state index in [1.807, 2.05) is 35.3 Å². The number of aromatic nitrogens is 5. The zero-order valence-corrected chi connectivity index (χ0v) is 15.3. The monoisotopic (exact) mass is 396 g/mol. The molecule has 6 nitrogen and oxygen atoms in total. The largest absolute Gasteiger partial charge is 0.362 e. The first-order chi connectivity index (χ1) is 12.2. The third-order valence-corrected chi connectivity index (χ3v) is 4.66. The quantitative estimate of drug-likeness (QED) is 0.555. The Kier molecular flexibility index (Phi) is 4.23. The van der Waals surface area contributed by atoms with Gasteiger partial charge in [0.2, 0.25) is 0 Å². The lowest BCUT2D eigenvalue weighted by Crippen LogP contribution is -2.09. The fraction of sp³-hybridized carbons (Fsp3) is 0.167. The zero-order chi connectivity index (χ0) is 17.2. The number of anilines is 1. The van der Waals surface area contributed by atoms with Crippen LogP contribution in [0.15, 0.2) is 65.8 Å². The Morgan fingerprint density at radius 1 is 1.16 bits per heavy atom. The van der Waals surface area contributed by atoms with Gasteiger partial charge in [-0.05, 0) is 28.4 Å². The SMILES string of the molecule is CC(Nc1nccn2ncc(Br)c12)c1cnn(Cc2ccccc2)c1. The summed E-state index contributed by atoms with van der Waals surface area (Å²) in [5.41, 5.74) is 3.26. The lowest BCUT2D eigenvalue weighted by atomic mass is 10.2. The normalized spacial score (nSPS) is 12.4. The van der Waals surface area contributed by atoms with Crippen LogP contribution in [0.25, 0.3) is 5.52 Å². The molecular formula is C18H17BrN6. The first-order valence-electron chi connectivity index (χ1n) is 8.01. The molecule has 0 aliphatic heterocycles. The van der Waals surface area contributed by atoms with Gasteiger partial charge < -0.3 is 5.32 Å². The smallest absolute Gasteiger partial charge is 0.153 e. The Morgan fingerprint density at radius 3 is 2.84 bits per heavy atom. The fourth-order valence-corrected chi connectivity index (χ4v) is 3.22. The maximum absolute atomic E-state index is 4.47. The van der Waals surface area contributed by atoms with Gasteiger partial charge in [-0.2, -0.15) is 10.2 Å². The maximum Gasteiger partial charge on any atom is 0.153 e. The highest BCUT2D eigenvalue weighted by molar-refractivity contribution is 9.10. The van der Waals surface area contributed by atoms with Crippen LogP contribution < -0.4 is 5.32 Å². The van der Waals surface area contributed by atoms with Gasteiger partial charge >= 0.3 is 0 Å². The maximum atomic E-state index is 4.47. The summed E-state index contributed by atoms with van der Waals surface area (Å²) in [6.45, 7) is 2.86. The summed E-state index contributed by atoms with van der Waals surface area (Å²) in [6, 6.07) is 10.4. The van der Waals surface area contributed by atoms with Crippen molar-refractivity contribution >= 4 is 27.3 Å². The van der Waals surface area contributed by atoms with Crippen molar-refractivity contribution in [3.05, 3.63) is 76.9 Å². The third kappa shape index (κ3) is 3.28. The van der Waals surface area contributed by atoms with Crippen LogP contribution in [0.4, 0.5) is 5.82 Å². The third-order valence-electron chi connectivity index (χ3n) is 4.08. The summed E-state index contributed by atoms with van der Waals surface area (Å²) in [5.74, 6) is 0.787. The van der Waals surface area contributed by atoms with Gasteiger partial charge in [-0.1, -0.05) is 30.3 Å². The van der Waals surface area contributed by atoms with E-state index >= 15 is 0 Å². The fourth-order valence-electron chi connectivity index (χ4n) is 2.76. The minimum atomic E-state index is 0.0741. The Balaban J connectivity index is 1.53. The highest BCUT2D eigenvalue weighted by atomic mass is 79.9. The van der Waals surface area contributed by atoms with Gasteiger partial charge in [-0.15, -0.1) is 0 Å². The number of nitrogens with zero attached hydrogens (tertiary/aromatic N) is 5. The van der Waals surface area contributed by atoms with E-state index in [2.05, 4.69) is 61.7 Å². The lowest BCUT2D eigenvalue weighted by Gasteiger charge is -2.13. The van der Waals surface area contributed by atoms with Crippen LogP contribution in [-0.4, -0.2) is 24.4 Å². The molecule has 0 fully saturated rings. The van der Waals surface area contributed by atoms with Crippen LogP contribution >= 0.6 is 15.9 Å². The molecule has 1 aromatic carbocycles. The summed E-state index contributed by atoms with van der Waals surface area (Å²) in [6.07, 6.45) is 9.29. The first kappa shape index (κ1) is 15.8. The van der Waals surface area contributed by atoms with Crippen molar-refractivity contribution in [2.45, 2.75) is 19.5 Å². The molecule has 0 saturated heterocycles. The minimum Gasteiger partial charge on any atom is -0.362 e. The molecule has 0 aliphatic rings. The molecule has 7 heteroatoms. The molecule has 0 bridgehead atoms. The molecule has 1 atom stereocenters.